The second kappa shape index (κ2) is 3.87. The Balaban J connectivity index is 2.07. The summed E-state index contributed by atoms with van der Waals surface area (Å²) >= 11 is 0. The van der Waals surface area contributed by atoms with Crippen LogP contribution >= 0.6 is 0 Å². The molecule has 1 saturated carbocycles. The van der Waals surface area contributed by atoms with Crippen molar-refractivity contribution in [3.63, 3.8) is 0 Å². The Kier molecular flexibility index (Phi) is 2.35. The number of hydrogen-bond donors (Lipinski definition) is 0. The molecule has 17 heavy (non-hydrogen) atoms. The van der Waals surface area contributed by atoms with Crippen LogP contribution in [0.15, 0.2) is 24.7 Å². The fourth-order valence-corrected chi connectivity index (χ4v) is 1.88. The van der Waals surface area contributed by atoms with E-state index in [0.717, 1.165) is 5.56 Å². The number of hydrogen-bond acceptors (Lipinski definition) is 3. The van der Waals surface area contributed by atoms with Crippen LogP contribution in [0.3, 0.4) is 0 Å². The van der Waals surface area contributed by atoms with Gasteiger partial charge in [0.1, 0.15) is 11.5 Å². The maximum atomic E-state index is 13.7. The van der Waals surface area contributed by atoms with Gasteiger partial charge in [0, 0.05) is 18.0 Å². The van der Waals surface area contributed by atoms with Gasteiger partial charge in [-0.25, -0.2) is 14.4 Å². The topological polar surface area (TPSA) is 38.7 Å². The van der Waals surface area contributed by atoms with Gasteiger partial charge in [-0.1, -0.05) is 0 Å². The van der Waals surface area contributed by atoms with Gasteiger partial charge >= 0.3 is 0 Å². The molecule has 4 heteroatoms. The fourth-order valence-electron chi connectivity index (χ4n) is 1.88. The zero-order valence-electron chi connectivity index (χ0n) is 9.52. The molecule has 2 aromatic rings. The summed E-state index contributed by atoms with van der Waals surface area (Å²) in [4.78, 5) is 12.1. The van der Waals surface area contributed by atoms with Crippen LogP contribution in [0.2, 0.25) is 0 Å². The lowest BCUT2D eigenvalue weighted by Gasteiger charge is -2.04. The van der Waals surface area contributed by atoms with Crippen LogP contribution in [0.5, 0.6) is 0 Å². The van der Waals surface area contributed by atoms with Crippen molar-refractivity contribution in [2.45, 2.75) is 25.7 Å². The van der Waals surface area contributed by atoms with E-state index in [-0.39, 0.29) is 0 Å². The molecule has 0 aromatic carbocycles. The van der Waals surface area contributed by atoms with Crippen molar-refractivity contribution >= 4 is 0 Å². The molecule has 0 saturated heterocycles. The van der Waals surface area contributed by atoms with Gasteiger partial charge in [-0.2, -0.15) is 0 Å². The smallest absolute Gasteiger partial charge is 0.167 e. The first kappa shape index (κ1) is 10.3. The molecule has 1 aliphatic carbocycles. The number of nitrogens with zero attached hydrogens (tertiary/aromatic N) is 3. The number of rotatable bonds is 2. The Morgan fingerprint density at radius 1 is 1.24 bits per heavy atom. The van der Waals surface area contributed by atoms with E-state index in [1.54, 1.807) is 13.1 Å². The first-order valence-electron chi connectivity index (χ1n) is 5.68. The Morgan fingerprint density at radius 2 is 2.06 bits per heavy atom. The van der Waals surface area contributed by atoms with E-state index in [4.69, 9.17) is 0 Å². The van der Waals surface area contributed by atoms with Crippen LogP contribution in [-0.2, 0) is 0 Å². The third-order valence-corrected chi connectivity index (χ3v) is 2.95. The summed E-state index contributed by atoms with van der Waals surface area (Å²) in [5, 5.41) is 0. The van der Waals surface area contributed by atoms with E-state index in [9.17, 15) is 4.39 Å². The number of halogens is 1. The van der Waals surface area contributed by atoms with Crippen LogP contribution in [0.4, 0.5) is 4.39 Å². The molecule has 0 radical (unpaired) electrons. The van der Waals surface area contributed by atoms with Gasteiger partial charge < -0.3 is 0 Å². The minimum Gasteiger partial charge on any atom is -0.264 e. The lowest BCUT2D eigenvalue weighted by molar-refractivity contribution is 0.615. The van der Waals surface area contributed by atoms with Crippen LogP contribution in [-0.4, -0.2) is 15.0 Å². The van der Waals surface area contributed by atoms with Gasteiger partial charge in [0.25, 0.3) is 0 Å². The highest BCUT2D eigenvalue weighted by molar-refractivity contribution is 5.59. The molecule has 0 N–H and O–H groups in total. The highest BCUT2D eigenvalue weighted by Crippen LogP contribution is 2.40. The predicted octanol–water partition coefficient (Wildman–Crippen LogP) is 2.86. The van der Waals surface area contributed by atoms with E-state index in [1.165, 1.54) is 24.6 Å². The largest absolute Gasteiger partial charge is 0.264 e. The zero-order chi connectivity index (χ0) is 11.8. The van der Waals surface area contributed by atoms with E-state index in [1.807, 2.05) is 12.3 Å². The van der Waals surface area contributed by atoms with Crippen molar-refractivity contribution in [1.29, 1.82) is 0 Å². The van der Waals surface area contributed by atoms with E-state index >= 15 is 0 Å². The molecule has 0 atom stereocenters. The Labute approximate surface area is 98.8 Å². The quantitative estimate of drug-likeness (QED) is 0.794. The second-order valence-corrected chi connectivity index (χ2v) is 4.39. The first-order valence-corrected chi connectivity index (χ1v) is 5.68. The molecule has 0 aliphatic heterocycles. The molecule has 2 heterocycles. The molecule has 3 rings (SSSR count). The number of aromatic nitrogens is 3. The maximum absolute atomic E-state index is 13.7. The lowest BCUT2D eigenvalue weighted by atomic mass is 10.1. The standard InChI is InChI=1S/C13H12FN3/c1-8-16-7-12(14)13(17-8)11-4-10(5-15-6-11)9-2-3-9/h4-7,9H,2-3H2,1H3. The molecule has 3 nitrogen and oxygen atoms in total. The Morgan fingerprint density at radius 3 is 2.82 bits per heavy atom. The maximum Gasteiger partial charge on any atom is 0.167 e. The third-order valence-electron chi connectivity index (χ3n) is 2.95. The third kappa shape index (κ3) is 2.02. The van der Waals surface area contributed by atoms with Gasteiger partial charge in [-0.05, 0) is 37.3 Å². The normalized spacial score (nSPS) is 14.9. The minimum atomic E-state index is -0.398. The van der Waals surface area contributed by atoms with E-state index in [0.29, 0.717) is 17.4 Å². The lowest BCUT2D eigenvalue weighted by Crippen LogP contribution is -1.96. The molecular weight excluding hydrogens is 217 g/mol. The molecule has 0 amide bonds. The van der Waals surface area contributed by atoms with Gasteiger partial charge in [-0.3, -0.25) is 4.98 Å². The zero-order valence-corrected chi connectivity index (χ0v) is 9.52. The Bertz CT molecular complexity index is 564. The van der Waals surface area contributed by atoms with E-state index < -0.39 is 5.82 Å². The summed E-state index contributed by atoms with van der Waals surface area (Å²) in [6.07, 6.45) is 7.12. The summed E-state index contributed by atoms with van der Waals surface area (Å²) in [5.41, 5.74) is 2.25. The molecule has 0 unspecified atom stereocenters. The van der Waals surface area contributed by atoms with Crippen LogP contribution in [0, 0.1) is 12.7 Å². The van der Waals surface area contributed by atoms with Crippen molar-refractivity contribution in [2.24, 2.45) is 0 Å². The van der Waals surface area contributed by atoms with Crippen molar-refractivity contribution in [2.75, 3.05) is 0 Å². The summed E-state index contributed by atoms with van der Waals surface area (Å²) in [5.74, 6) is 0.775. The van der Waals surface area contributed by atoms with Crippen molar-refractivity contribution in [3.05, 3.63) is 41.9 Å². The van der Waals surface area contributed by atoms with Crippen molar-refractivity contribution in [3.8, 4) is 11.3 Å². The number of aryl methyl sites for hydroxylation is 1. The van der Waals surface area contributed by atoms with Gasteiger partial charge in [-0.15, -0.1) is 0 Å². The predicted molar refractivity (Wildman–Crippen MR) is 61.9 cm³/mol. The summed E-state index contributed by atoms with van der Waals surface area (Å²) < 4.78 is 13.7. The SMILES string of the molecule is Cc1ncc(F)c(-c2cncc(C3CC3)c2)n1. The average molecular weight is 229 g/mol. The van der Waals surface area contributed by atoms with Crippen molar-refractivity contribution < 1.29 is 4.39 Å². The van der Waals surface area contributed by atoms with Crippen LogP contribution in [0.25, 0.3) is 11.3 Å². The van der Waals surface area contributed by atoms with Gasteiger partial charge in [0.2, 0.25) is 0 Å². The summed E-state index contributed by atoms with van der Waals surface area (Å²) in [7, 11) is 0. The molecule has 2 aromatic heterocycles. The highest BCUT2D eigenvalue weighted by Gasteiger charge is 2.24. The number of pyridine rings is 1. The van der Waals surface area contributed by atoms with Gasteiger partial charge in [0.05, 0.1) is 6.20 Å². The fraction of sp³-hybridized carbons (Fsp3) is 0.308. The molecule has 1 fully saturated rings. The molecule has 0 spiro atoms. The van der Waals surface area contributed by atoms with Crippen LogP contribution < -0.4 is 0 Å². The second-order valence-electron chi connectivity index (χ2n) is 4.39. The van der Waals surface area contributed by atoms with Gasteiger partial charge in [0.15, 0.2) is 5.82 Å². The molecular formula is C13H12FN3. The first-order chi connectivity index (χ1) is 8.24. The highest BCUT2D eigenvalue weighted by atomic mass is 19.1. The average Bonchev–Trinajstić information content (AvgIpc) is 3.17. The molecule has 1 aliphatic rings. The minimum absolute atomic E-state index is 0.340. The monoisotopic (exact) mass is 229 g/mol. The molecule has 0 bridgehead atoms. The molecule has 86 valence electrons. The van der Waals surface area contributed by atoms with Crippen molar-refractivity contribution in [1.82, 2.24) is 15.0 Å². The summed E-state index contributed by atoms with van der Waals surface area (Å²) in [6, 6.07) is 1.98. The summed E-state index contributed by atoms with van der Waals surface area (Å²) in [6.45, 7) is 1.75. The Hall–Kier alpha value is -1.84. The van der Waals surface area contributed by atoms with E-state index in [2.05, 4.69) is 15.0 Å². The van der Waals surface area contributed by atoms with Crippen LogP contribution in [0.1, 0.15) is 30.1 Å².